The Balaban J connectivity index is 1.26. The van der Waals surface area contributed by atoms with Crippen molar-refractivity contribution >= 4 is 15.7 Å². The average molecular weight is 447 g/mol. The summed E-state index contributed by atoms with van der Waals surface area (Å²) >= 11 is 0. The predicted octanol–water partition coefficient (Wildman–Crippen LogP) is -0.114. The van der Waals surface area contributed by atoms with Gasteiger partial charge in [0, 0.05) is 37.9 Å². The lowest BCUT2D eigenvalue weighted by molar-refractivity contribution is 0.00960. The monoisotopic (exact) mass is 446 g/mol. The zero-order chi connectivity index (χ0) is 21.6. The van der Waals surface area contributed by atoms with Gasteiger partial charge in [0.2, 0.25) is 10.0 Å². The zero-order valence-corrected chi connectivity index (χ0v) is 18.2. The molecule has 1 unspecified atom stereocenters. The minimum absolute atomic E-state index is 0.167. The largest absolute Gasteiger partial charge is 0.387 e. The summed E-state index contributed by atoms with van der Waals surface area (Å²) in [4.78, 5) is 2.22. The second kappa shape index (κ2) is 7.62. The number of piperidine rings is 1. The lowest BCUT2D eigenvalue weighted by Gasteiger charge is -2.36. The van der Waals surface area contributed by atoms with E-state index in [1.807, 2.05) is 24.4 Å². The predicted molar refractivity (Wildman–Crippen MR) is 112 cm³/mol. The van der Waals surface area contributed by atoms with Crippen LogP contribution >= 0.6 is 0 Å². The van der Waals surface area contributed by atoms with E-state index in [9.17, 15) is 13.5 Å². The van der Waals surface area contributed by atoms with Gasteiger partial charge in [0.15, 0.2) is 17.3 Å². The van der Waals surface area contributed by atoms with Crippen LogP contribution in [-0.2, 0) is 10.0 Å². The minimum Gasteiger partial charge on any atom is -0.387 e. The molecule has 0 saturated carbocycles. The van der Waals surface area contributed by atoms with Gasteiger partial charge in [-0.3, -0.25) is 0 Å². The van der Waals surface area contributed by atoms with Crippen molar-refractivity contribution in [2.45, 2.75) is 30.8 Å². The quantitative estimate of drug-likeness (QED) is 0.576. The number of likely N-dealkylation sites (tertiary alicyclic amines) is 1. The van der Waals surface area contributed by atoms with Crippen molar-refractivity contribution in [2.24, 2.45) is 0 Å². The van der Waals surface area contributed by atoms with Gasteiger partial charge < -0.3 is 10.0 Å². The van der Waals surface area contributed by atoms with Gasteiger partial charge in [-0.1, -0.05) is 0 Å². The molecule has 12 heteroatoms. The fraction of sp³-hybridized carbons (Fsp3) is 0.579. The van der Waals surface area contributed by atoms with E-state index in [0.29, 0.717) is 31.0 Å². The fourth-order valence-electron chi connectivity index (χ4n) is 4.57. The molecule has 2 aliphatic heterocycles. The lowest BCUT2D eigenvalue weighted by atomic mass is 9.94. The SMILES string of the molecule is CS(=O)(=O)N1CCC(O)(CN2CCC(c3nnc4ccc(-n5cccn5)nn34)CC2)C1. The van der Waals surface area contributed by atoms with E-state index in [4.69, 9.17) is 0 Å². The average Bonchev–Trinajstić information content (AvgIpc) is 3.47. The highest BCUT2D eigenvalue weighted by Crippen LogP contribution is 2.30. The molecule has 0 amide bonds. The zero-order valence-electron chi connectivity index (χ0n) is 17.4. The highest BCUT2D eigenvalue weighted by molar-refractivity contribution is 7.88. The molecule has 2 fully saturated rings. The van der Waals surface area contributed by atoms with Gasteiger partial charge in [0.1, 0.15) is 0 Å². The van der Waals surface area contributed by atoms with Gasteiger partial charge >= 0.3 is 0 Å². The summed E-state index contributed by atoms with van der Waals surface area (Å²) in [7, 11) is -3.27. The maximum absolute atomic E-state index is 11.8. The van der Waals surface area contributed by atoms with Crippen molar-refractivity contribution in [2.75, 3.05) is 39.0 Å². The summed E-state index contributed by atoms with van der Waals surface area (Å²) in [6, 6.07) is 5.60. The number of hydrogen-bond acceptors (Lipinski definition) is 8. The van der Waals surface area contributed by atoms with E-state index < -0.39 is 15.6 Å². The van der Waals surface area contributed by atoms with Crippen LogP contribution in [0.4, 0.5) is 0 Å². The number of fused-ring (bicyclic) bond motifs is 1. The van der Waals surface area contributed by atoms with Crippen molar-refractivity contribution in [3.05, 3.63) is 36.4 Å². The first-order valence-electron chi connectivity index (χ1n) is 10.4. The number of aromatic nitrogens is 6. The molecule has 0 aliphatic carbocycles. The Bertz CT molecular complexity index is 1170. The Morgan fingerprint density at radius 3 is 2.68 bits per heavy atom. The van der Waals surface area contributed by atoms with Crippen LogP contribution in [0.25, 0.3) is 11.5 Å². The first-order valence-corrected chi connectivity index (χ1v) is 12.3. The molecular weight excluding hydrogens is 420 g/mol. The topological polar surface area (TPSA) is 122 Å². The van der Waals surface area contributed by atoms with Crippen molar-refractivity contribution in [3.63, 3.8) is 0 Å². The van der Waals surface area contributed by atoms with E-state index in [-0.39, 0.29) is 12.5 Å². The van der Waals surface area contributed by atoms with Crippen molar-refractivity contribution in [1.82, 2.24) is 38.8 Å². The Morgan fingerprint density at radius 1 is 1.19 bits per heavy atom. The third kappa shape index (κ3) is 4.07. The Labute approximate surface area is 180 Å². The normalized spacial score (nSPS) is 24.3. The highest BCUT2D eigenvalue weighted by Gasteiger charge is 2.41. The van der Waals surface area contributed by atoms with Crippen molar-refractivity contribution < 1.29 is 13.5 Å². The third-order valence-electron chi connectivity index (χ3n) is 6.25. The minimum atomic E-state index is -3.27. The van der Waals surface area contributed by atoms with E-state index in [1.165, 1.54) is 10.6 Å². The molecule has 5 rings (SSSR count). The molecule has 11 nitrogen and oxygen atoms in total. The molecule has 0 spiro atoms. The van der Waals surface area contributed by atoms with Crippen molar-refractivity contribution in [3.8, 4) is 5.82 Å². The summed E-state index contributed by atoms with van der Waals surface area (Å²) in [5.41, 5.74) is -0.285. The van der Waals surface area contributed by atoms with Crippen LogP contribution < -0.4 is 0 Å². The molecule has 0 bridgehead atoms. The van der Waals surface area contributed by atoms with Crippen LogP contribution in [0, 0.1) is 0 Å². The van der Waals surface area contributed by atoms with Crippen LogP contribution in [0.15, 0.2) is 30.6 Å². The van der Waals surface area contributed by atoms with E-state index in [2.05, 4.69) is 25.3 Å². The Hall–Kier alpha value is -2.41. The van der Waals surface area contributed by atoms with Gasteiger partial charge in [-0.2, -0.15) is 13.9 Å². The summed E-state index contributed by atoms with van der Waals surface area (Å²) in [5.74, 6) is 1.76. The van der Waals surface area contributed by atoms with Crippen molar-refractivity contribution in [1.29, 1.82) is 0 Å². The molecule has 2 saturated heterocycles. The summed E-state index contributed by atoms with van der Waals surface area (Å²) < 4.78 is 28.4. The number of hydrogen-bond donors (Lipinski definition) is 1. The maximum atomic E-state index is 11.8. The number of nitrogens with zero attached hydrogens (tertiary/aromatic N) is 8. The van der Waals surface area contributed by atoms with E-state index in [0.717, 1.165) is 31.8 Å². The molecule has 0 aromatic carbocycles. The highest BCUT2D eigenvalue weighted by atomic mass is 32.2. The molecule has 3 aromatic rings. The third-order valence-corrected chi connectivity index (χ3v) is 7.50. The van der Waals surface area contributed by atoms with Gasteiger partial charge in [0.05, 0.1) is 11.9 Å². The fourth-order valence-corrected chi connectivity index (χ4v) is 5.47. The van der Waals surface area contributed by atoms with Gasteiger partial charge in [-0.25, -0.2) is 13.1 Å². The number of β-amino-alcohol motifs (C(OH)–C–C–N with tert-alkyl or cyclic N) is 1. The molecule has 31 heavy (non-hydrogen) atoms. The van der Waals surface area contributed by atoms with Crippen LogP contribution in [0.1, 0.15) is 31.0 Å². The first kappa shape index (κ1) is 20.5. The summed E-state index contributed by atoms with van der Waals surface area (Å²) in [5, 5.41) is 28.5. The molecule has 2 aliphatic rings. The Morgan fingerprint density at radius 2 is 2.00 bits per heavy atom. The molecular formula is C19H26N8O3S. The molecule has 5 heterocycles. The van der Waals surface area contributed by atoms with E-state index in [1.54, 1.807) is 15.4 Å². The van der Waals surface area contributed by atoms with Gasteiger partial charge in [-0.15, -0.1) is 15.3 Å². The summed E-state index contributed by atoms with van der Waals surface area (Å²) in [6.07, 6.45) is 6.96. The van der Waals surface area contributed by atoms with Crippen LogP contribution in [0.2, 0.25) is 0 Å². The number of sulfonamides is 1. The smallest absolute Gasteiger partial charge is 0.211 e. The lowest BCUT2D eigenvalue weighted by Crippen LogP contribution is -2.48. The van der Waals surface area contributed by atoms with E-state index >= 15 is 0 Å². The van der Waals surface area contributed by atoms with Gasteiger partial charge in [0.25, 0.3) is 0 Å². The molecule has 3 aromatic heterocycles. The van der Waals surface area contributed by atoms with Crippen LogP contribution in [0.5, 0.6) is 0 Å². The standard InChI is InChI=1S/C19H26N8O3S/c1-31(29,30)25-12-7-19(28,14-25)13-24-10-5-15(6-11-24)18-22-21-16-3-4-17(23-27(16)18)26-9-2-8-20-26/h2-4,8-9,15,28H,5-7,10-14H2,1H3. The number of rotatable bonds is 5. The molecule has 0 radical (unpaired) electrons. The first-order chi connectivity index (χ1) is 14.8. The molecule has 1 atom stereocenters. The Kier molecular flexibility index (Phi) is 5.04. The second-order valence-electron chi connectivity index (χ2n) is 8.59. The molecule has 166 valence electrons. The van der Waals surface area contributed by atoms with Crippen LogP contribution in [-0.4, -0.2) is 96.9 Å². The molecule has 1 N–H and O–H groups in total. The second-order valence-corrected chi connectivity index (χ2v) is 10.6. The maximum Gasteiger partial charge on any atom is 0.211 e. The van der Waals surface area contributed by atoms with Crippen LogP contribution in [0.3, 0.4) is 0 Å². The van der Waals surface area contributed by atoms with Gasteiger partial charge in [-0.05, 0) is 50.6 Å². The summed E-state index contributed by atoms with van der Waals surface area (Å²) in [6.45, 7) is 2.63. The number of aliphatic hydroxyl groups is 1.